The van der Waals surface area contributed by atoms with Crippen molar-refractivity contribution in [3.8, 4) is 0 Å². The first-order valence-corrected chi connectivity index (χ1v) is 11.7. The monoisotopic (exact) mass is 449 g/mol. The number of nitrogens with one attached hydrogen (secondary N) is 2. The maximum atomic E-state index is 13.4. The smallest absolute Gasteiger partial charge is 0.356 e. The van der Waals surface area contributed by atoms with Gasteiger partial charge in [-0.3, -0.25) is 19.7 Å². The van der Waals surface area contributed by atoms with Crippen LogP contribution in [0.25, 0.3) is 0 Å². The highest BCUT2D eigenvalue weighted by molar-refractivity contribution is 5.78. The van der Waals surface area contributed by atoms with Crippen LogP contribution >= 0.6 is 0 Å². The molecule has 2 saturated carbocycles. The molecule has 6 nitrogen and oxygen atoms in total. The second kappa shape index (κ2) is 12.6. The fourth-order valence-corrected chi connectivity index (χ4v) is 5.17. The van der Waals surface area contributed by atoms with Crippen molar-refractivity contribution in [2.45, 2.75) is 102 Å². The van der Waals surface area contributed by atoms with Gasteiger partial charge < -0.3 is 5.32 Å². The van der Waals surface area contributed by atoms with Crippen molar-refractivity contribution in [3.05, 3.63) is 0 Å². The minimum absolute atomic E-state index is 0.0478. The van der Waals surface area contributed by atoms with Crippen LogP contribution in [-0.4, -0.2) is 53.8 Å². The fraction of sp³-hybridized carbons (Fsp3) is 0.909. The van der Waals surface area contributed by atoms with Gasteiger partial charge >= 0.3 is 6.18 Å². The van der Waals surface area contributed by atoms with Gasteiger partial charge in [-0.15, -0.1) is 0 Å². The molecule has 0 saturated heterocycles. The van der Waals surface area contributed by atoms with Gasteiger partial charge in [-0.1, -0.05) is 25.7 Å². The zero-order valence-electron chi connectivity index (χ0n) is 18.6. The Balaban J connectivity index is 1.66. The number of amides is 2. The molecule has 2 rings (SSSR count). The number of alkyl halides is 3. The van der Waals surface area contributed by atoms with E-state index in [-0.39, 0.29) is 30.2 Å². The number of carbonyl (C=O) groups excluding carboxylic acids is 2. The average Bonchev–Trinajstić information content (AvgIpc) is 2.77. The summed E-state index contributed by atoms with van der Waals surface area (Å²) in [5, 5.41) is 11.4. The second-order valence-electron chi connectivity index (χ2n) is 9.16. The van der Waals surface area contributed by atoms with Crippen molar-refractivity contribution in [1.82, 2.24) is 15.7 Å². The highest BCUT2D eigenvalue weighted by Crippen LogP contribution is 2.41. The molecule has 2 amide bonds. The Hall–Kier alpha value is -1.35. The van der Waals surface area contributed by atoms with E-state index < -0.39 is 18.1 Å². The number of unbranched alkanes of at least 4 members (excludes halogenated alkanes) is 3. The van der Waals surface area contributed by atoms with Gasteiger partial charge in [0.2, 0.25) is 11.8 Å². The lowest BCUT2D eigenvalue weighted by Crippen LogP contribution is -2.51. The van der Waals surface area contributed by atoms with Crippen molar-refractivity contribution in [2.24, 2.45) is 11.8 Å². The summed E-state index contributed by atoms with van der Waals surface area (Å²) in [5.41, 5.74) is 1.61. The number of nitrogens with zero attached hydrogens (tertiary/aromatic N) is 1. The summed E-state index contributed by atoms with van der Waals surface area (Å²) in [6, 6.07) is -0.319. The molecule has 0 aromatic heterocycles. The van der Waals surface area contributed by atoms with Gasteiger partial charge in [0.1, 0.15) is 0 Å². The lowest BCUT2D eigenvalue weighted by molar-refractivity contribution is -0.200. The molecule has 0 spiro atoms. The molecular formula is C22H38F3N3O3. The predicted molar refractivity (Wildman–Crippen MR) is 111 cm³/mol. The molecule has 2 aliphatic carbocycles. The number of halogens is 3. The van der Waals surface area contributed by atoms with Crippen molar-refractivity contribution in [3.63, 3.8) is 0 Å². The number of hydrogen-bond acceptors (Lipinski definition) is 4. The van der Waals surface area contributed by atoms with Gasteiger partial charge in [-0.25, -0.2) is 5.48 Å². The van der Waals surface area contributed by atoms with Crippen LogP contribution in [0.4, 0.5) is 13.2 Å². The lowest BCUT2D eigenvalue weighted by atomic mass is 9.80. The van der Waals surface area contributed by atoms with Gasteiger partial charge in [0.15, 0.2) is 0 Å². The molecule has 0 radical (unpaired) electrons. The summed E-state index contributed by atoms with van der Waals surface area (Å²) in [6.07, 6.45) is 4.78. The van der Waals surface area contributed by atoms with Crippen molar-refractivity contribution >= 4 is 11.8 Å². The molecule has 180 valence electrons. The number of carbonyl (C=O) groups is 2. The molecule has 3 N–H and O–H groups in total. The zero-order valence-corrected chi connectivity index (χ0v) is 18.6. The molecule has 2 atom stereocenters. The maximum absolute atomic E-state index is 13.4. The average molecular weight is 450 g/mol. The number of hydrogen-bond donors (Lipinski definition) is 3. The van der Waals surface area contributed by atoms with E-state index >= 15 is 0 Å². The maximum Gasteiger partial charge on any atom is 0.393 e. The second-order valence-corrected chi connectivity index (χ2v) is 9.16. The van der Waals surface area contributed by atoms with Crippen molar-refractivity contribution < 1.29 is 28.0 Å². The quantitative estimate of drug-likeness (QED) is 0.266. The third-order valence-corrected chi connectivity index (χ3v) is 7.07. The molecule has 9 heteroatoms. The van der Waals surface area contributed by atoms with E-state index in [0.29, 0.717) is 32.2 Å². The highest BCUT2D eigenvalue weighted by atomic mass is 19.4. The number of hydroxylamine groups is 1. The third-order valence-electron chi connectivity index (χ3n) is 7.07. The molecule has 0 aromatic carbocycles. The summed E-state index contributed by atoms with van der Waals surface area (Å²) in [7, 11) is 1.84. The molecule has 2 unspecified atom stereocenters. The van der Waals surface area contributed by atoms with E-state index in [1.165, 1.54) is 0 Å². The first-order chi connectivity index (χ1) is 14.7. The van der Waals surface area contributed by atoms with Crippen LogP contribution in [-0.2, 0) is 9.59 Å². The molecule has 31 heavy (non-hydrogen) atoms. The lowest BCUT2D eigenvalue weighted by Gasteiger charge is -2.44. The van der Waals surface area contributed by atoms with E-state index in [0.717, 1.165) is 51.4 Å². The Morgan fingerprint density at radius 1 is 0.968 bits per heavy atom. The summed E-state index contributed by atoms with van der Waals surface area (Å²) in [5.74, 6) is -1.62. The minimum atomic E-state index is -4.14. The summed E-state index contributed by atoms with van der Waals surface area (Å²) < 4.78 is 40.3. The summed E-state index contributed by atoms with van der Waals surface area (Å²) in [4.78, 5) is 25.3. The third kappa shape index (κ3) is 8.25. The summed E-state index contributed by atoms with van der Waals surface area (Å²) in [6.45, 7) is 0.597. The minimum Gasteiger partial charge on any atom is -0.356 e. The normalized spacial score (nSPS) is 27.2. The highest BCUT2D eigenvalue weighted by Gasteiger charge is 2.47. The largest absolute Gasteiger partial charge is 0.393 e. The molecule has 0 heterocycles. The van der Waals surface area contributed by atoms with E-state index in [1.807, 2.05) is 11.9 Å². The topological polar surface area (TPSA) is 81.7 Å². The van der Waals surface area contributed by atoms with Gasteiger partial charge in [0.05, 0.1) is 5.92 Å². The van der Waals surface area contributed by atoms with Gasteiger partial charge in [-0.05, 0) is 58.4 Å². The predicted octanol–water partition coefficient (Wildman–Crippen LogP) is 4.17. The van der Waals surface area contributed by atoms with Gasteiger partial charge in [-0.2, -0.15) is 13.2 Å². The summed E-state index contributed by atoms with van der Waals surface area (Å²) >= 11 is 0. The van der Waals surface area contributed by atoms with Crippen LogP contribution in [0.1, 0.15) is 83.5 Å². The molecule has 0 aliphatic heterocycles. The van der Waals surface area contributed by atoms with E-state index in [9.17, 15) is 22.8 Å². The standard InChI is InChI=1S/C22H38F3N3O3/c1-28(19-9-6-5-8-18(19)22(23,24)25)17-13-11-16(12-14-17)21(30)26-15-7-3-2-4-10-20(29)27-31/h16-19,31H,2-15H2,1H3,(H,26,30)(H,27,29). The molecule has 2 aliphatic rings. The van der Waals surface area contributed by atoms with Crippen LogP contribution in [0.2, 0.25) is 0 Å². The fourth-order valence-electron chi connectivity index (χ4n) is 5.17. The first-order valence-electron chi connectivity index (χ1n) is 11.7. The van der Waals surface area contributed by atoms with Gasteiger partial charge in [0, 0.05) is 31.0 Å². The SMILES string of the molecule is CN(C1CCC(C(=O)NCCCCCCC(=O)NO)CC1)C1CCCCC1C(F)(F)F. The van der Waals surface area contributed by atoms with Crippen LogP contribution in [0.5, 0.6) is 0 Å². The van der Waals surface area contributed by atoms with Crippen LogP contribution < -0.4 is 10.8 Å². The number of rotatable bonds is 10. The first kappa shape index (κ1) is 25.9. The van der Waals surface area contributed by atoms with E-state index in [4.69, 9.17) is 5.21 Å². The van der Waals surface area contributed by atoms with Crippen molar-refractivity contribution in [1.29, 1.82) is 0 Å². The molecule has 2 fully saturated rings. The van der Waals surface area contributed by atoms with Gasteiger partial charge in [0.25, 0.3) is 0 Å². The zero-order chi connectivity index (χ0) is 22.9. The Labute approximate surface area is 183 Å². The van der Waals surface area contributed by atoms with Crippen LogP contribution in [0, 0.1) is 11.8 Å². The van der Waals surface area contributed by atoms with E-state index in [2.05, 4.69) is 5.32 Å². The molecule has 0 aromatic rings. The van der Waals surface area contributed by atoms with Crippen molar-refractivity contribution in [2.75, 3.05) is 13.6 Å². The molecule has 0 bridgehead atoms. The van der Waals surface area contributed by atoms with Crippen LogP contribution in [0.3, 0.4) is 0 Å². The Morgan fingerprint density at radius 3 is 2.26 bits per heavy atom. The Morgan fingerprint density at radius 2 is 1.61 bits per heavy atom. The van der Waals surface area contributed by atoms with Crippen LogP contribution in [0.15, 0.2) is 0 Å². The Bertz CT molecular complexity index is 566. The van der Waals surface area contributed by atoms with E-state index in [1.54, 1.807) is 5.48 Å². The molecular weight excluding hydrogens is 411 g/mol. The Kier molecular flexibility index (Phi) is 10.6.